The van der Waals surface area contributed by atoms with Crippen LogP contribution in [0.1, 0.15) is 25.0 Å². The van der Waals surface area contributed by atoms with Gasteiger partial charge in [-0.05, 0) is 92.7 Å². The van der Waals surface area contributed by atoms with Gasteiger partial charge >= 0.3 is 0 Å². The Morgan fingerprint density at radius 2 is 1.16 bits per heavy atom. The molecular weight excluding hydrogens is 563 g/mol. The second-order valence-corrected chi connectivity index (χ2v) is 14.0. The minimum absolute atomic E-state index is 0.0418. The first-order chi connectivity index (χ1) is 22.1. The van der Waals surface area contributed by atoms with Gasteiger partial charge in [0.2, 0.25) is 0 Å². The molecule has 0 saturated heterocycles. The number of aromatic nitrogens is 1. The normalized spacial score (nSPS) is 13.7. The van der Waals surface area contributed by atoms with E-state index < -0.39 is 0 Å². The predicted molar refractivity (Wildman–Crippen MR) is 194 cm³/mol. The fraction of sp³-hybridized carbons (Fsp3) is 0.0698. The smallest absolute Gasteiger partial charge is 0.0547 e. The van der Waals surface area contributed by atoms with Crippen LogP contribution in [0.2, 0.25) is 0 Å². The van der Waals surface area contributed by atoms with Gasteiger partial charge in [0.1, 0.15) is 0 Å². The van der Waals surface area contributed by atoms with Crippen molar-refractivity contribution >= 4 is 64.1 Å². The second-order valence-electron chi connectivity index (χ2n) is 13.0. The van der Waals surface area contributed by atoms with Crippen molar-refractivity contribution in [2.24, 2.45) is 0 Å². The van der Waals surface area contributed by atoms with Crippen molar-refractivity contribution in [1.29, 1.82) is 0 Å². The van der Waals surface area contributed by atoms with Gasteiger partial charge in [-0.25, -0.2) is 0 Å². The first-order valence-corrected chi connectivity index (χ1v) is 16.5. The number of nitrogens with zero attached hydrogens (tertiary/aromatic N) is 1. The summed E-state index contributed by atoms with van der Waals surface area (Å²) >= 11 is 1.88. The molecule has 0 unspecified atom stereocenters. The Bertz CT molecular complexity index is 2670. The monoisotopic (exact) mass is 591 g/mol. The Morgan fingerprint density at radius 3 is 2.02 bits per heavy atom. The van der Waals surface area contributed by atoms with Crippen molar-refractivity contribution in [2.75, 3.05) is 0 Å². The lowest BCUT2D eigenvalue weighted by Gasteiger charge is -2.21. The van der Waals surface area contributed by atoms with Crippen LogP contribution in [0.3, 0.4) is 0 Å². The summed E-state index contributed by atoms with van der Waals surface area (Å²) in [5.74, 6) is 0. The minimum atomic E-state index is -0.0418. The molecular formula is C43H29NS. The lowest BCUT2D eigenvalue weighted by Crippen LogP contribution is -2.14. The Kier molecular flexibility index (Phi) is 5.00. The Labute approximate surface area is 265 Å². The van der Waals surface area contributed by atoms with E-state index in [2.05, 4.69) is 158 Å². The number of hydrogen-bond acceptors (Lipinski definition) is 1. The van der Waals surface area contributed by atoms with Gasteiger partial charge in [-0.1, -0.05) is 105 Å². The number of benzene rings is 7. The maximum absolute atomic E-state index is 2.48. The van der Waals surface area contributed by atoms with Gasteiger partial charge in [0.25, 0.3) is 0 Å². The molecule has 7 aromatic carbocycles. The fourth-order valence-corrected chi connectivity index (χ4v) is 9.11. The molecule has 0 spiro atoms. The van der Waals surface area contributed by atoms with Crippen LogP contribution in [-0.2, 0) is 5.41 Å². The third kappa shape index (κ3) is 3.43. The standard InChI is InChI=1S/C43H29NS/c1-43(2)36-15-7-5-12-31(36)33-25-39-35(24-37(33)43)34-22-27-10-3-4-11-28(27)23-38(34)44(39)29-20-18-26(19-21-29)30-14-9-17-41-42(30)32-13-6-8-16-40(32)45-41/h3-25H,1-2H3. The van der Waals surface area contributed by atoms with E-state index in [-0.39, 0.29) is 5.41 Å². The third-order valence-electron chi connectivity index (χ3n) is 10.2. The molecule has 10 rings (SSSR count). The average Bonchev–Trinajstić information content (AvgIpc) is 3.68. The van der Waals surface area contributed by atoms with Gasteiger partial charge < -0.3 is 4.57 Å². The number of rotatable bonds is 2. The van der Waals surface area contributed by atoms with E-state index >= 15 is 0 Å². The Balaban J connectivity index is 1.23. The summed E-state index contributed by atoms with van der Waals surface area (Å²) in [7, 11) is 0. The highest BCUT2D eigenvalue weighted by atomic mass is 32.1. The molecule has 212 valence electrons. The Hall–Kier alpha value is -5.18. The molecule has 0 atom stereocenters. The predicted octanol–water partition coefficient (Wildman–Crippen LogP) is 12.3. The van der Waals surface area contributed by atoms with Crippen LogP contribution < -0.4 is 0 Å². The van der Waals surface area contributed by atoms with E-state index in [9.17, 15) is 0 Å². The van der Waals surface area contributed by atoms with Crippen molar-refractivity contribution in [2.45, 2.75) is 19.3 Å². The highest BCUT2D eigenvalue weighted by Crippen LogP contribution is 2.51. The molecule has 2 aromatic heterocycles. The molecule has 0 N–H and O–H groups in total. The molecule has 0 fully saturated rings. The van der Waals surface area contributed by atoms with Crippen molar-refractivity contribution in [3.63, 3.8) is 0 Å². The van der Waals surface area contributed by atoms with Crippen LogP contribution >= 0.6 is 11.3 Å². The second kappa shape index (κ2) is 8.94. The van der Waals surface area contributed by atoms with Gasteiger partial charge in [-0.2, -0.15) is 0 Å². The zero-order valence-electron chi connectivity index (χ0n) is 25.1. The summed E-state index contributed by atoms with van der Waals surface area (Å²) in [6.07, 6.45) is 0. The molecule has 1 nitrogen and oxygen atoms in total. The molecule has 0 amide bonds. The lowest BCUT2D eigenvalue weighted by molar-refractivity contribution is 0.661. The summed E-state index contributed by atoms with van der Waals surface area (Å²) < 4.78 is 5.16. The highest BCUT2D eigenvalue weighted by Gasteiger charge is 2.36. The summed E-state index contributed by atoms with van der Waals surface area (Å²) in [6, 6.07) is 52.1. The molecule has 2 heteroatoms. The zero-order chi connectivity index (χ0) is 29.9. The molecule has 0 saturated carbocycles. The van der Waals surface area contributed by atoms with Crippen molar-refractivity contribution in [1.82, 2.24) is 4.57 Å². The quantitative estimate of drug-likeness (QED) is 0.188. The summed E-state index contributed by atoms with van der Waals surface area (Å²) in [6.45, 7) is 4.74. The SMILES string of the molecule is CC1(C)c2ccccc2-c2cc3c(cc21)c1cc2ccccc2cc1n3-c1ccc(-c2cccc3sc4ccccc4c23)cc1. The van der Waals surface area contributed by atoms with Crippen molar-refractivity contribution < 1.29 is 0 Å². The maximum atomic E-state index is 2.48. The minimum Gasteiger partial charge on any atom is -0.309 e. The van der Waals surface area contributed by atoms with Crippen LogP contribution in [-0.4, -0.2) is 4.57 Å². The highest BCUT2D eigenvalue weighted by molar-refractivity contribution is 7.25. The molecule has 1 aliphatic rings. The summed E-state index contributed by atoms with van der Waals surface area (Å²) in [5, 5.41) is 7.85. The topological polar surface area (TPSA) is 4.93 Å². The van der Waals surface area contributed by atoms with Crippen molar-refractivity contribution in [3.05, 3.63) is 151 Å². The van der Waals surface area contributed by atoms with Crippen LogP contribution in [0.25, 0.3) is 80.7 Å². The van der Waals surface area contributed by atoms with Crippen LogP contribution in [0.15, 0.2) is 140 Å². The molecule has 9 aromatic rings. The maximum Gasteiger partial charge on any atom is 0.0547 e. The van der Waals surface area contributed by atoms with E-state index in [1.165, 1.54) is 91.8 Å². The molecule has 2 heterocycles. The van der Waals surface area contributed by atoms with Crippen molar-refractivity contribution in [3.8, 4) is 27.9 Å². The molecule has 1 aliphatic carbocycles. The van der Waals surface area contributed by atoms with Gasteiger partial charge in [-0.15, -0.1) is 11.3 Å². The summed E-state index contributed by atoms with van der Waals surface area (Å²) in [5.41, 5.74) is 11.7. The number of thiophene rings is 1. The number of hydrogen-bond donors (Lipinski definition) is 0. The Morgan fingerprint density at radius 1 is 0.489 bits per heavy atom. The molecule has 0 bridgehead atoms. The zero-order valence-corrected chi connectivity index (χ0v) is 26.0. The van der Waals surface area contributed by atoms with Gasteiger partial charge in [0.15, 0.2) is 0 Å². The van der Waals surface area contributed by atoms with E-state index in [0.717, 1.165) is 0 Å². The van der Waals surface area contributed by atoms with E-state index in [1.807, 2.05) is 11.3 Å². The summed E-state index contributed by atoms with van der Waals surface area (Å²) in [4.78, 5) is 0. The van der Waals surface area contributed by atoms with Gasteiger partial charge in [-0.3, -0.25) is 0 Å². The third-order valence-corrected chi connectivity index (χ3v) is 11.3. The van der Waals surface area contributed by atoms with E-state index in [0.29, 0.717) is 0 Å². The largest absolute Gasteiger partial charge is 0.309 e. The first-order valence-electron chi connectivity index (χ1n) is 15.7. The molecule has 45 heavy (non-hydrogen) atoms. The molecule has 0 aliphatic heterocycles. The lowest BCUT2D eigenvalue weighted by atomic mass is 9.82. The van der Waals surface area contributed by atoms with Gasteiger partial charge in [0.05, 0.1) is 11.0 Å². The van der Waals surface area contributed by atoms with Crippen LogP contribution in [0.5, 0.6) is 0 Å². The first kappa shape index (κ1) is 25.2. The average molecular weight is 592 g/mol. The number of fused-ring (bicyclic) bond motifs is 10. The van der Waals surface area contributed by atoms with Crippen LogP contribution in [0, 0.1) is 0 Å². The fourth-order valence-electron chi connectivity index (χ4n) is 7.98. The van der Waals surface area contributed by atoms with E-state index in [4.69, 9.17) is 0 Å². The van der Waals surface area contributed by atoms with Crippen LogP contribution in [0.4, 0.5) is 0 Å². The van der Waals surface area contributed by atoms with E-state index in [1.54, 1.807) is 0 Å². The van der Waals surface area contributed by atoms with Gasteiger partial charge in [0, 0.05) is 42.0 Å². The molecule has 0 radical (unpaired) electrons.